The lowest BCUT2D eigenvalue weighted by atomic mass is 9.85. The maximum absolute atomic E-state index is 12.7. The van der Waals surface area contributed by atoms with Crippen molar-refractivity contribution in [1.82, 2.24) is 5.01 Å². The fourth-order valence-electron chi connectivity index (χ4n) is 4.85. The minimum atomic E-state index is -0.179. The van der Waals surface area contributed by atoms with Gasteiger partial charge in [0.25, 0.3) is 11.8 Å². The molecule has 3 aliphatic carbocycles. The summed E-state index contributed by atoms with van der Waals surface area (Å²) in [5.41, 5.74) is 1.10. The Morgan fingerprint density at radius 2 is 1.61 bits per heavy atom. The van der Waals surface area contributed by atoms with E-state index in [4.69, 9.17) is 0 Å². The molecule has 0 N–H and O–H groups in total. The van der Waals surface area contributed by atoms with Crippen molar-refractivity contribution in [3.8, 4) is 0 Å². The normalized spacial score (nSPS) is 35.8. The second-order valence-corrected chi connectivity index (χ2v) is 7.92. The zero-order valence-electron chi connectivity index (χ0n) is 12.4. The Hall–Kier alpha value is -1.75. The molecule has 1 aromatic rings. The van der Waals surface area contributed by atoms with E-state index in [0.717, 1.165) is 27.9 Å². The fourth-order valence-corrected chi connectivity index (χ4v) is 5.11. The van der Waals surface area contributed by atoms with Crippen molar-refractivity contribution in [1.29, 1.82) is 0 Å². The van der Waals surface area contributed by atoms with Gasteiger partial charge in [-0.05, 0) is 47.8 Å². The molecule has 3 fully saturated rings. The molecule has 1 aliphatic heterocycles. The number of rotatable bonds is 2. The van der Waals surface area contributed by atoms with Crippen LogP contribution in [0.4, 0.5) is 0 Å². The van der Waals surface area contributed by atoms with E-state index in [-0.39, 0.29) is 40.9 Å². The monoisotopic (exact) mass is 370 g/mol. The van der Waals surface area contributed by atoms with Gasteiger partial charge in [0.05, 0.1) is 18.1 Å². The summed E-state index contributed by atoms with van der Waals surface area (Å²) in [7, 11) is 0. The summed E-state index contributed by atoms with van der Waals surface area (Å²) in [6, 6.07) is 7.60. The molecule has 23 heavy (non-hydrogen) atoms. The molecule has 4 atom stereocenters. The van der Waals surface area contributed by atoms with Gasteiger partial charge in [-0.25, -0.2) is 0 Å². The van der Waals surface area contributed by atoms with Gasteiger partial charge in [0.1, 0.15) is 0 Å². The van der Waals surface area contributed by atoms with Gasteiger partial charge in [-0.1, -0.05) is 40.2 Å². The lowest BCUT2D eigenvalue weighted by molar-refractivity contribution is -0.141. The fraction of sp³-hybridized carbons (Fsp3) is 0.389. The third-order valence-electron chi connectivity index (χ3n) is 6.02. The van der Waals surface area contributed by atoms with E-state index in [0.29, 0.717) is 0 Å². The average Bonchev–Trinajstić information content (AvgIpc) is 3.15. The van der Waals surface area contributed by atoms with Gasteiger partial charge in [-0.15, -0.1) is 0 Å². The summed E-state index contributed by atoms with van der Waals surface area (Å²) in [4.78, 5) is 25.5. The first kappa shape index (κ1) is 13.7. The van der Waals surface area contributed by atoms with Crippen molar-refractivity contribution in [2.24, 2.45) is 34.2 Å². The lowest BCUT2D eigenvalue weighted by Gasteiger charge is -2.18. The summed E-state index contributed by atoms with van der Waals surface area (Å²) >= 11 is 3.38. The van der Waals surface area contributed by atoms with Crippen LogP contribution < -0.4 is 0 Å². The molecule has 4 nitrogen and oxygen atoms in total. The zero-order chi connectivity index (χ0) is 15.8. The van der Waals surface area contributed by atoms with Crippen molar-refractivity contribution in [2.45, 2.75) is 12.8 Å². The zero-order valence-corrected chi connectivity index (χ0v) is 13.9. The third-order valence-corrected chi connectivity index (χ3v) is 6.55. The summed E-state index contributed by atoms with van der Waals surface area (Å²) < 4.78 is 0.981. The number of carbonyl (C=O) groups excluding carboxylic acids is 2. The van der Waals surface area contributed by atoms with Crippen LogP contribution in [0.5, 0.6) is 0 Å². The molecule has 1 heterocycles. The quantitative estimate of drug-likeness (QED) is 0.456. The topological polar surface area (TPSA) is 49.7 Å². The largest absolute Gasteiger partial charge is 0.272 e. The second kappa shape index (κ2) is 4.41. The molecule has 2 amide bonds. The Kier molecular flexibility index (Phi) is 2.62. The Morgan fingerprint density at radius 3 is 2.13 bits per heavy atom. The Balaban J connectivity index is 1.43. The number of nitrogens with zero attached hydrogens (tertiary/aromatic N) is 2. The number of benzene rings is 1. The van der Waals surface area contributed by atoms with Gasteiger partial charge in [0.15, 0.2) is 0 Å². The van der Waals surface area contributed by atoms with E-state index in [1.807, 2.05) is 24.3 Å². The van der Waals surface area contributed by atoms with Gasteiger partial charge in [-0.3, -0.25) is 9.59 Å². The molecular weight excluding hydrogens is 356 g/mol. The van der Waals surface area contributed by atoms with Crippen molar-refractivity contribution < 1.29 is 9.59 Å². The number of fused-ring (bicyclic) bond motifs is 3. The number of imide groups is 1. The molecule has 1 saturated heterocycles. The number of hydrazone groups is 1. The number of amides is 2. The molecule has 0 radical (unpaired) electrons. The highest BCUT2D eigenvalue weighted by molar-refractivity contribution is 9.10. The highest BCUT2D eigenvalue weighted by atomic mass is 79.9. The lowest BCUT2D eigenvalue weighted by Crippen LogP contribution is -2.30. The second-order valence-electron chi connectivity index (χ2n) is 7.01. The van der Waals surface area contributed by atoms with Crippen LogP contribution in [-0.4, -0.2) is 23.0 Å². The smallest absolute Gasteiger partial charge is 0.254 e. The first-order chi connectivity index (χ1) is 11.1. The van der Waals surface area contributed by atoms with Crippen molar-refractivity contribution in [3.05, 3.63) is 46.5 Å². The SMILES string of the molecule is O=C1[C@@H]2[C@H](C(=O)N1/N=C\c1ccc(Br)cc1)[C@@H]1C=C[C@@H]2C12CC2. The minimum absolute atomic E-state index is 0.114. The molecule has 4 aliphatic rings. The van der Waals surface area contributed by atoms with E-state index in [1.54, 1.807) is 6.21 Å². The van der Waals surface area contributed by atoms with Crippen LogP contribution in [-0.2, 0) is 9.59 Å². The Bertz CT molecular complexity index is 745. The van der Waals surface area contributed by atoms with E-state index in [9.17, 15) is 9.59 Å². The predicted molar refractivity (Wildman–Crippen MR) is 88.4 cm³/mol. The molecule has 1 aromatic carbocycles. The number of halogens is 1. The summed E-state index contributed by atoms with van der Waals surface area (Å²) in [6.07, 6.45) is 8.25. The van der Waals surface area contributed by atoms with E-state index in [2.05, 4.69) is 33.2 Å². The van der Waals surface area contributed by atoms with E-state index < -0.39 is 0 Å². The van der Waals surface area contributed by atoms with Crippen LogP contribution in [0, 0.1) is 29.1 Å². The van der Waals surface area contributed by atoms with Gasteiger partial charge in [0, 0.05) is 4.47 Å². The highest BCUT2D eigenvalue weighted by Crippen LogP contribution is 2.73. The Labute approximate surface area is 142 Å². The molecule has 1 spiro atoms. The first-order valence-electron chi connectivity index (χ1n) is 7.97. The molecule has 5 rings (SSSR count). The van der Waals surface area contributed by atoms with Crippen LogP contribution in [0.3, 0.4) is 0 Å². The van der Waals surface area contributed by atoms with Gasteiger partial charge in [-0.2, -0.15) is 10.1 Å². The number of allylic oxidation sites excluding steroid dienone is 2. The van der Waals surface area contributed by atoms with Crippen LogP contribution in [0.15, 0.2) is 46.0 Å². The van der Waals surface area contributed by atoms with Crippen LogP contribution in [0.1, 0.15) is 18.4 Å². The van der Waals surface area contributed by atoms with E-state index in [1.165, 1.54) is 0 Å². The average molecular weight is 371 g/mol. The molecular formula is C18H15BrN2O2. The number of carbonyl (C=O) groups is 2. The maximum Gasteiger partial charge on any atom is 0.254 e. The predicted octanol–water partition coefficient (Wildman–Crippen LogP) is 2.98. The molecule has 2 saturated carbocycles. The van der Waals surface area contributed by atoms with Crippen LogP contribution >= 0.6 is 15.9 Å². The summed E-state index contributed by atoms with van der Waals surface area (Å²) in [5, 5.41) is 5.31. The summed E-state index contributed by atoms with van der Waals surface area (Å²) in [6.45, 7) is 0. The molecule has 0 unspecified atom stereocenters. The number of hydrogen-bond donors (Lipinski definition) is 0. The molecule has 5 heteroatoms. The molecule has 0 aromatic heterocycles. The van der Waals surface area contributed by atoms with Gasteiger partial charge in [0.2, 0.25) is 0 Å². The van der Waals surface area contributed by atoms with Crippen molar-refractivity contribution >= 4 is 34.0 Å². The first-order valence-corrected chi connectivity index (χ1v) is 8.77. The molecule has 116 valence electrons. The van der Waals surface area contributed by atoms with E-state index >= 15 is 0 Å². The van der Waals surface area contributed by atoms with Crippen LogP contribution in [0.2, 0.25) is 0 Å². The third kappa shape index (κ3) is 1.69. The van der Waals surface area contributed by atoms with Crippen LogP contribution in [0.25, 0.3) is 0 Å². The summed E-state index contributed by atoms with van der Waals surface area (Å²) in [5.74, 6) is -0.0826. The maximum atomic E-state index is 12.7. The minimum Gasteiger partial charge on any atom is -0.272 e. The Morgan fingerprint density at radius 1 is 1.04 bits per heavy atom. The van der Waals surface area contributed by atoms with Crippen molar-refractivity contribution in [2.75, 3.05) is 0 Å². The van der Waals surface area contributed by atoms with Gasteiger partial charge >= 0.3 is 0 Å². The standard InChI is InChI=1S/C18H15BrN2O2/c19-11-3-1-10(2-4-11)9-20-21-16(22)14-12-5-6-13(15(14)17(21)23)18(12)7-8-18/h1-6,9,12-15H,7-8H2/b20-9-/t12-,13-,14-,15+/m0/s1. The van der Waals surface area contributed by atoms with Gasteiger partial charge < -0.3 is 0 Å². The molecule has 2 bridgehead atoms. The highest BCUT2D eigenvalue weighted by Gasteiger charge is 2.73. The van der Waals surface area contributed by atoms with Crippen molar-refractivity contribution in [3.63, 3.8) is 0 Å². The number of hydrogen-bond acceptors (Lipinski definition) is 3.